The lowest BCUT2D eigenvalue weighted by Crippen LogP contribution is -2.56. The van der Waals surface area contributed by atoms with Crippen molar-refractivity contribution in [1.29, 1.82) is 0 Å². The molecule has 7 nitrogen and oxygen atoms in total. The Hall–Kier alpha value is -2.12. The van der Waals surface area contributed by atoms with Crippen LogP contribution in [0.25, 0.3) is 0 Å². The summed E-state index contributed by atoms with van der Waals surface area (Å²) in [5, 5.41) is 14.8. The number of carbonyl (C=O) groups is 2. The number of carboxylic acids is 1. The second-order valence-corrected chi connectivity index (χ2v) is 7.91. The summed E-state index contributed by atoms with van der Waals surface area (Å²) in [5.74, 6) is -0.803. The highest BCUT2D eigenvalue weighted by Gasteiger charge is 2.34. The maximum absolute atomic E-state index is 12.1. The molecule has 0 unspecified atom stereocenters. The number of carbonyl (C=O) groups excluding carboxylic acids is 1. The number of hydrogen-bond acceptors (Lipinski definition) is 4. The lowest BCUT2D eigenvalue weighted by atomic mass is 9.85. The van der Waals surface area contributed by atoms with E-state index in [-0.39, 0.29) is 24.7 Å². The van der Waals surface area contributed by atoms with Gasteiger partial charge in [-0.3, -0.25) is 14.6 Å². The van der Waals surface area contributed by atoms with Gasteiger partial charge in [0.1, 0.15) is 0 Å². The number of hydrogen-bond donors (Lipinski definition) is 3. The average molecular weight is 389 g/mol. The van der Waals surface area contributed by atoms with Crippen molar-refractivity contribution in [2.75, 3.05) is 26.2 Å². The Labute approximate surface area is 167 Å². The third-order valence-corrected chi connectivity index (χ3v) is 5.79. The number of rotatable bonds is 9. The van der Waals surface area contributed by atoms with Gasteiger partial charge in [-0.2, -0.15) is 0 Å². The lowest BCUT2D eigenvalue weighted by Gasteiger charge is -2.42. The predicted octanol–water partition coefficient (Wildman–Crippen LogP) is 2.02. The van der Waals surface area contributed by atoms with Crippen LogP contribution in [0, 0.1) is 0 Å². The summed E-state index contributed by atoms with van der Waals surface area (Å²) in [6, 6.07) is 8.65. The first-order valence-corrected chi connectivity index (χ1v) is 10.3. The van der Waals surface area contributed by atoms with E-state index in [0.717, 1.165) is 24.9 Å². The minimum absolute atomic E-state index is 0.0633. The van der Waals surface area contributed by atoms with Crippen molar-refractivity contribution in [2.24, 2.45) is 0 Å². The number of urea groups is 1. The first-order chi connectivity index (χ1) is 13.5. The van der Waals surface area contributed by atoms with E-state index < -0.39 is 5.97 Å². The molecule has 0 bridgehead atoms. The van der Waals surface area contributed by atoms with Gasteiger partial charge in [0.25, 0.3) is 0 Å². The van der Waals surface area contributed by atoms with Crippen LogP contribution in [-0.2, 0) is 17.9 Å². The molecule has 2 amide bonds. The summed E-state index contributed by atoms with van der Waals surface area (Å²) >= 11 is 0. The predicted molar refractivity (Wildman–Crippen MR) is 108 cm³/mol. The van der Waals surface area contributed by atoms with Crippen molar-refractivity contribution >= 4 is 12.0 Å². The lowest BCUT2D eigenvalue weighted by molar-refractivity contribution is -0.139. The number of likely N-dealkylation sites (tertiary alicyclic amines) is 1. The molecule has 2 fully saturated rings. The second kappa shape index (κ2) is 9.89. The zero-order valence-corrected chi connectivity index (χ0v) is 16.7. The summed E-state index contributed by atoms with van der Waals surface area (Å²) in [6.07, 6.45) is 4.21. The highest BCUT2D eigenvalue weighted by Crippen LogP contribution is 2.25. The molecule has 0 aromatic heterocycles. The highest BCUT2D eigenvalue weighted by atomic mass is 16.4. The average Bonchev–Trinajstić information content (AvgIpc) is 3.15. The topological polar surface area (TPSA) is 84.9 Å². The minimum Gasteiger partial charge on any atom is -0.480 e. The van der Waals surface area contributed by atoms with Crippen LogP contribution in [0.3, 0.4) is 0 Å². The zero-order chi connectivity index (χ0) is 19.9. The van der Waals surface area contributed by atoms with Crippen LogP contribution in [0.4, 0.5) is 4.79 Å². The van der Waals surface area contributed by atoms with Gasteiger partial charge in [0.15, 0.2) is 0 Å². The molecule has 1 aromatic rings. The molecular formula is C21H32N4O3. The zero-order valence-electron chi connectivity index (χ0n) is 16.7. The summed E-state index contributed by atoms with van der Waals surface area (Å²) in [5.41, 5.74) is 2.41. The summed E-state index contributed by atoms with van der Waals surface area (Å²) in [7, 11) is 0. The second-order valence-electron chi connectivity index (χ2n) is 7.91. The molecule has 1 aliphatic heterocycles. The molecule has 0 spiro atoms. The normalized spacial score (nSPS) is 22.1. The van der Waals surface area contributed by atoms with E-state index in [1.165, 1.54) is 31.5 Å². The van der Waals surface area contributed by atoms with Gasteiger partial charge < -0.3 is 15.7 Å². The Bertz CT molecular complexity index is 652. The van der Waals surface area contributed by atoms with Crippen LogP contribution in [0.5, 0.6) is 0 Å². The molecular weight excluding hydrogens is 356 g/mol. The number of aliphatic carboxylic acids is 1. The molecule has 3 rings (SSSR count). The monoisotopic (exact) mass is 388 g/mol. The molecule has 154 valence electrons. The Morgan fingerprint density at radius 2 is 1.79 bits per heavy atom. The van der Waals surface area contributed by atoms with Crippen molar-refractivity contribution in [3.05, 3.63) is 35.4 Å². The standard InChI is InChI=1S/C21H32N4O3/c1-2-25(15-20(26)27)19-11-18(12-19)23-21(28)22-13-16-5-7-17(8-6-16)14-24-9-3-4-10-24/h5-8,18-19H,2-4,9-15H2,1H3,(H,26,27)(H2,22,23,28). The Balaban J connectivity index is 1.34. The molecule has 7 heteroatoms. The highest BCUT2D eigenvalue weighted by molar-refractivity contribution is 5.74. The molecule has 1 saturated carbocycles. The van der Waals surface area contributed by atoms with Crippen LogP contribution in [0.2, 0.25) is 0 Å². The minimum atomic E-state index is -0.803. The van der Waals surface area contributed by atoms with E-state index in [1.807, 2.05) is 11.8 Å². The fourth-order valence-electron chi connectivity index (χ4n) is 4.06. The van der Waals surface area contributed by atoms with E-state index >= 15 is 0 Å². The molecule has 0 radical (unpaired) electrons. The smallest absolute Gasteiger partial charge is 0.317 e. The Kier molecular flexibility index (Phi) is 7.28. The Morgan fingerprint density at radius 3 is 2.39 bits per heavy atom. The van der Waals surface area contributed by atoms with E-state index in [0.29, 0.717) is 13.1 Å². The molecule has 0 atom stereocenters. The number of benzene rings is 1. The van der Waals surface area contributed by atoms with Gasteiger partial charge in [-0.25, -0.2) is 4.79 Å². The van der Waals surface area contributed by atoms with Crippen molar-refractivity contribution in [2.45, 2.75) is 57.8 Å². The maximum atomic E-state index is 12.1. The molecule has 28 heavy (non-hydrogen) atoms. The molecule has 3 N–H and O–H groups in total. The SMILES string of the molecule is CCN(CC(=O)O)C1CC(NC(=O)NCc2ccc(CN3CCCC3)cc2)C1. The third-order valence-electron chi connectivity index (χ3n) is 5.79. The largest absolute Gasteiger partial charge is 0.480 e. The van der Waals surface area contributed by atoms with Gasteiger partial charge >= 0.3 is 12.0 Å². The van der Waals surface area contributed by atoms with Gasteiger partial charge in [0.2, 0.25) is 0 Å². The summed E-state index contributed by atoms with van der Waals surface area (Å²) in [4.78, 5) is 27.4. The third kappa shape index (κ3) is 5.94. The number of carboxylic acid groups (broad SMARTS) is 1. The number of nitrogens with zero attached hydrogens (tertiary/aromatic N) is 2. The van der Waals surface area contributed by atoms with Crippen molar-refractivity contribution in [3.63, 3.8) is 0 Å². The van der Waals surface area contributed by atoms with Gasteiger partial charge in [-0.05, 0) is 56.4 Å². The molecule has 1 aromatic carbocycles. The van der Waals surface area contributed by atoms with Crippen LogP contribution in [-0.4, -0.2) is 65.2 Å². The van der Waals surface area contributed by atoms with Gasteiger partial charge in [0.05, 0.1) is 6.54 Å². The van der Waals surface area contributed by atoms with Crippen molar-refractivity contribution in [1.82, 2.24) is 20.4 Å². The quantitative estimate of drug-likeness (QED) is 0.603. The van der Waals surface area contributed by atoms with E-state index in [4.69, 9.17) is 5.11 Å². The fraction of sp³-hybridized carbons (Fsp3) is 0.619. The van der Waals surface area contributed by atoms with Crippen LogP contribution in [0.15, 0.2) is 24.3 Å². The van der Waals surface area contributed by atoms with E-state index in [2.05, 4.69) is 39.8 Å². The maximum Gasteiger partial charge on any atom is 0.317 e. The van der Waals surface area contributed by atoms with Gasteiger partial charge in [0, 0.05) is 25.2 Å². The molecule has 1 saturated heterocycles. The van der Waals surface area contributed by atoms with E-state index in [9.17, 15) is 9.59 Å². The summed E-state index contributed by atoms with van der Waals surface area (Å²) in [6.45, 7) is 6.64. The number of amides is 2. The fourth-order valence-corrected chi connectivity index (χ4v) is 4.06. The van der Waals surface area contributed by atoms with Gasteiger partial charge in [-0.15, -0.1) is 0 Å². The number of nitrogens with one attached hydrogen (secondary N) is 2. The first-order valence-electron chi connectivity index (χ1n) is 10.3. The van der Waals surface area contributed by atoms with Crippen LogP contribution in [0.1, 0.15) is 43.7 Å². The molecule has 2 aliphatic rings. The van der Waals surface area contributed by atoms with Gasteiger partial charge in [-0.1, -0.05) is 31.2 Å². The van der Waals surface area contributed by atoms with E-state index in [1.54, 1.807) is 0 Å². The van der Waals surface area contributed by atoms with Crippen molar-refractivity contribution < 1.29 is 14.7 Å². The van der Waals surface area contributed by atoms with Crippen LogP contribution >= 0.6 is 0 Å². The Morgan fingerprint density at radius 1 is 1.14 bits per heavy atom. The van der Waals surface area contributed by atoms with Crippen molar-refractivity contribution in [3.8, 4) is 0 Å². The number of likely N-dealkylation sites (N-methyl/N-ethyl adjacent to an activating group) is 1. The van der Waals surface area contributed by atoms with Crippen LogP contribution < -0.4 is 10.6 Å². The molecule has 1 heterocycles. The molecule has 1 aliphatic carbocycles. The summed E-state index contributed by atoms with van der Waals surface area (Å²) < 4.78 is 0. The first kappa shape index (κ1) is 20.6.